The second kappa shape index (κ2) is 7.41. The van der Waals surface area contributed by atoms with Crippen molar-refractivity contribution in [3.05, 3.63) is 77.5 Å². The summed E-state index contributed by atoms with van der Waals surface area (Å²) in [5.74, 6) is 0. The van der Waals surface area contributed by atoms with Gasteiger partial charge in [-0.15, -0.1) is 0 Å². The number of fused-ring (bicyclic) bond motifs is 1. The molecule has 0 aromatic heterocycles. The minimum Gasteiger partial charge on any atom is -0.372 e. The lowest BCUT2D eigenvalue weighted by Gasteiger charge is -2.37. The van der Waals surface area contributed by atoms with Gasteiger partial charge < -0.3 is 9.80 Å². The van der Waals surface area contributed by atoms with Crippen LogP contribution in [-0.2, 0) is 5.41 Å². The van der Waals surface area contributed by atoms with Gasteiger partial charge in [-0.2, -0.15) is 0 Å². The molecule has 2 heteroatoms. The van der Waals surface area contributed by atoms with Crippen molar-refractivity contribution in [1.29, 1.82) is 0 Å². The van der Waals surface area contributed by atoms with E-state index in [4.69, 9.17) is 0 Å². The van der Waals surface area contributed by atoms with Crippen LogP contribution in [0.15, 0.2) is 66.4 Å². The molecule has 0 saturated carbocycles. The average molecular weight is 347 g/mol. The quantitative estimate of drug-likeness (QED) is 0.669. The summed E-state index contributed by atoms with van der Waals surface area (Å²) >= 11 is 0. The molecule has 2 aromatic carbocycles. The summed E-state index contributed by atoms with van der Waals surface area (Å²) in [4.78, 5) is 4.59. The third-order valence-electron chi connectivity index (χ3n) is 5.49. The molecule has 0 aliphatic carbocycles. The molecule has 1 aliphatic rings. The minimum absolute atomic E-state index is 0.000758. The lowest BCUT2D eigenvalue weighted by molar-refractivity contribution is 0.626. The van der Waals surface area contributed by atoms with E-state index in [1.54, 1.807) is 0 Å². The zero-order chi connectivity index (χ0) is 18.7. The van der Waals surface area contributed by atoms with E-state index >= 15 is 0 Å². The van der Waals surface area contributed by atoms with Gasteiger partial charge in [0.15, 0.2) is 0 Å². The van der Waals surface area contributed by atoms with Crippen molar-refractivity contribution >= 4 is 17.5 Å². The van der Waals surface area contributed by atoms with Gasteiger partial charge in [-0.3, -0.25) is 0 Å². The van der Waals surface area contributed by atoms with E-state index < -0.39 is 0 Å². The molecule has 0 amide bonds. The Morgan fingerprint density at radius 3 is 2.23 bits per heavy atom. The monoisotopic (exact) mass is 346 g/mol. The number of hydrogen-bond acceptors (Lipinski definition) is 2. The van der Waals surface area contributed by atoms with Crippen LogP contribution in [0.1, 0.15) is 38.8 Å². The molecule has 2 aromatic rings. The number of hydrogen-bond donors (Lipinski definition) is 0. The third kappa shape index (κ3) is 3.41. The van der Waals surface area contributed by atoms with Crippen LogP contribution in [0.5, 0.6) is 0 Å². The first kappa shape index (κ1) is 18.3. The predicted molar refractivity (Wildman–Crippen MR) is 115 cm³/mol. The Bertz CT molecular complexity index is 808. The molecule has 0 atom stereocenters. The van der Waals surface area contributed by atoms with Crippen molar-refractivity contribution in [3.63, 3.8) is 0 Å². The summed E-state index contributed by atoms with van der Waals surface area (Å²) in [7, 11) is 2.13. The van der Waals surface area contributed by atoms with Crippen molar-refractivity contribution < 1.29 is 0 Å². The molecule has 0 fully saturated rings. The van der Waals surface area contributed by atoms with Crippen molar-refractivity contribution in [2.75, 3.05) is 29.9 Å². The van der Waals surface area contributed by atoms with Gasteiger partial charge in [0.25, 0.3) is 0 Å². The molecule has 1 heterocycles. The molecule has 2 nitrogen and oxygen atoms in total. The zero-order valence-electron chi connectivity index (χ0n) is 16.7. The number of rotatable bonds is 5. The fraction of sp³-hybridized carbons (Fsp3) is 0.333. The van der Waals surface area contributed by atoms with Gasteiger partial charge in [-0.1, -0.05) is 56.3 Å². The molecule has 0 saturated heterocycles. The lowest BCUT2D eigenvalue weighted by Crippen LogP contribution is -2.29. The highest BCUT2D eigenvalue weighted by molar-refractivity contribution is 5.68. The number of para-hydroxylation sites is 1. The van der Waals surface area contributed by atoms with E-state index in [0.29, 0.717) is 0 Å². The molecule has 136 valence electrons. The summed E-state index contributed by atoms with van der Waals surface area (Å²) in [6.45, 7) is 11.1. The van der Waals surface area contributed by atoms with Gasteiger partial charge in [0.1, 0.15) is 0 Å². The van der Waals surface area contributed by atoms with Gasteiger partial charge >= 0.3 is 0 Å². The topological polar surface area (TPSA) is 6.48 Å². The van der Waals surface area contributed by atoms with Gasteiger partial charge in [-0.25, -0.2) is 0 Å². The standard InChI is InChI=1S/C24H30N2/c1-6-26(7-2)21-16-13-19(14-17-21)12-15-20-18-25(5)23-11-9-8-10-22(23)24(20,3)4/h8-18H,6-7H2,1-5H3/b15-12+. The maximum atomic E-state index is 2.37. The third-order valence-corrected chi connectivity index (χ3v) is 5.49. The molecule has 0 unspecified atom stereocenters. The second-order valence-electron chi connectivity index (χ2n) is 7.43. The number of allylic oxidation sites excluding steroid dienone is 2. The molecule has 0 bridgehead atoms. The van der Waals surface area contributed by atoms with Crippen LogP contribution < -0.4 is 9.80 Å². The van der Waals surface area contributed by atoms with Crippen LogP contribution in [0.3, 0.4) is 0 Å². The summed E-state index contributed by atoms with van der Waals surface area (Å²) in [5.41, 5.74) is 6.52. The van der Waals surface area contributed by atoms with Gasteiger partial charge in [0.2, 0.25) is 0 Å². The van der Waals surface area contributed by atoms with Crippen molar-refractivity contribution in [2.45, 2.75) is 33.1 Å². The molecule has 1 aliphatic heterocycles. The van der Waals surface area contributed by atoms with E-state index in [0.717, 1.165) is 13.1 Å². The normalized spacial score (nSPS) is 15.7. The number of anilines is 2. The van der Waals surface area contributed by atoms with Crippen LogP contribution in [0.25, 0.3) is 6.08 Å². The van der Waals surface area contributed by atoms with E-state index in [-0.39, 0.29) is 5.41 Å². The Morgan fingerprint density at radius 1 is 0.923 bits per heavy atom. The fourth-order valence-corrected chi connectivity index (χ4v) is 3.73. The second-order valence-corrected chi connectivity index (χ2v) is 7.43. The number of benzene rings is 2. The molecule has 0 radical (unpaired) electrons. The first-order valence-corrected chi connectivity index (χ1v) is 9.55. The SMILES string of the molecule is CCN(CC)c1ccc(/C=C/C2=CN(C)c3ccccc3C2(C)C)cc1. The van der Waals surface area contributed by atoms with Gasteiger partial charge in [0.05, 0.1) is 0 Å². The number of nitrogens with zero attached hydrogens (tertiary/aromatic N) is 2. The lowest BCUT2D eigenvalue weighted by atomic mass is 9.75. The Labute approximate surface area is 158 Å². The summed E-state index contributed by atoms with van der Waals surface area (Å²) < 4.78 is 0. The van der Waals surface area contributed by atoms with Crippen LogP contribution in [0.2, 0.25) is 0 Å². The first-order chi connectivity index (χ1) is 12.5. The van der Waals surface area contributed by atoms with Crippen LogP contribution >= 0.6 is 0 Å². The maximum absolute atomic E-state index is 2.37. The van der Waals surface area contributed by atoms with E-state index in [2.05, 4.69) is 111 Å². The van der Waals surface area contributed by atoms with Crippen molar-refractivity contribution in [2.24, 2.45) is 0 Å². The van der Waals surface area contributed by atoms with E-state index in [9.17, 15) is 0 Å². The Balaban J connectivity index is 1.84. The van der Waals surface area contributed by atoms with E-state index in [1.807, 2.05) is 0 Å². The van der Waals surface area contributed by atoms with E-state index in [1.165, 1.54) is 28.1 Å². The van der Waals surface area contributed by atoms with Crippen LogP contribution in [0.4, 0.5) is 11.4 Å². The Kier molecular flexibility index (Phi) is 5.22. The summed E-state index contributed by atoms with van der Waals surface area (Å²) in [6.07, 6.45) is 6.74. The van der Waals surface area contributed by atoms with Crippen LogP contribution in [-0.4, -0.2) is 20.1 Å². The highest BCUT2D eigenvalue weighted by atomic mass is 15.1. The van der Waals surface area contributed by atoms with Crippen molar-refractivity contribution in [3.8, 4) is 0 Å². The Morgan fingerprint density at radius 2 is 1.58 bits per heavy atom. The summed E-state index contributed by atoms with van der Waals surface area (Å²) in [6, 6.07) is 17.5. The molecule has 0 spiro atoms. The average Bonchev–Trinajstić information content (AvgIpc) is 2.66. The minimum atomic E-state index is 0.000758. The molecular weight excluding hydrogens is 316 g/mol. The smallest absolute Gasteiger partial charge is 0.0445 e. The van der Waals surface area contributed by atoms with Gasteiger partial charge in [0, 0.05) is 43.1 Å². The molecule has 26 heavy (non-hydrogen) atoms. The molecule has 0 N–H and O–H groups in total. The predicted octanol–water partition coefficient (Wildman–Crippen LogP) is 5.86. The maximum Gasteiger partial charge on any atom is 0.0445 e. The Hall–Kier alpha value is -2.48. The van der Waals surface area contributed by atoms with Crippen molar-refractivity contribution in [1.82, 2.24) is 0 Å². The fourth-order valence-electron chi connectivity index (χ4n) is 3.73. The van der Waals surface area contributed by atoms with Crippen LogP contribution in [0, 0.1) is 0 Å². The first-order valence-electron chi connectivity index (χ1n) is 9.55. The van der Waals surface area contributed by atoms with Gasteiger partial charge in [-0.05, 0) is 48.7 Å². The summed E-state index contributed by atoms with van der Waals surface area (Å²) in [5, 5.41) is 0. The largest absolute Gasteiger partial charge is 0.372 e. The molecular formula is C24H30N2. The highest BCUT2D eigenvalue weighted by Crippen LogP contribution is 2.42. The molecule has 3 rings (SSSR count). The highest BCUT2D eigenvalue weighted by Gasteiger charge is 2.31. The zero-order valence-corrected chi connectivity index (χ0v) is 16.7.